The van der Waals surface area contributed by atoms with Crippen molar-refractivity contribution in [1.82, 2.24) is 0 Å². The van der Waals surface area contributed by atoms with Gasteiger partial charge in [0.2, 0.25) is 15.9 Å². The number of sulfonamides is 1. The van der Waals surface area contributed by atoms with Gasteiger partial charge in [-0.3, -0.25) is 4.79 Å². The van der Waals surface area contributed by atoms with Crippen LogP contribution < -0.4 is 10.5 Å². The normalized spacial score (nSPS) is 16.4. The van der Waals surface area contributed by atoms with Crippen LogP contribution in [0.1, 0.15) is 36.8 Å². The molecule has 1 amide bonds. The van der Waals surface area contributed by atoms with Gasteiger partial charge in [0, 0.05) is 5.69 Å². The first-order valence-corrected chi connectivity index (χ1v) is 9.98. The number of carbonyl (C=O) groups excluding carboxylic acids is 1. The van der Waals surface area contributed by atoms with Gasteiger partial charge >= 0.3 is 0 Å². The molecule has 0 aliphatic heterocycles. The van der Waals surface area contributed by atoms with E-state index in [1.54, 1.807) is 31.2 Å². The smallest absolute Gasteiger partial charge is 0.238 e. The highest BCUT2D eigenvalue weighted by atomic mass is 32.2. The van der Waals surface area contributed by atoms with Crippen molar-refractivity contribution < 1.29 is 17.6 Å². The molecule has 3 N–H and O–H groups in total. The Hall–Kier alpha value is -2.25. The standard InChI is InChI=1S/C19H21FN2O3S/c1-13-7-8-16(12-17(13)26(21,24)25)22-18(23)19(9-2-3-10-19)14-5-4-6-15(20)11-14/h4-8,11-12H,2-3,9-10H2,1H3,(H,22,23)(H2,21,24,25). The van der Waals surface area contributed by atoms with Gasteiger partial charge < -0.3 is 5.32 Å². The Morgan fingerprint density at radius 1 is 1.15 bits per heavy atom. The van der Waals surface area contributed by atoms with Gasteiger partial charge in [0.05, 0.1) is 10.3 Å². The van der Waals surface area contributed by atoms with E-state index in [0.29, 0.717) is 29.7 Å². The van der Waals surface area contributed by atoms with Crippen molar-refractivity contribution in [1.29, 1.82) is 0 Å². The predicted octanol–water partition coefficient (Wildman–Crippen LogP) is 3.23. The molecule has 1 fully saturated rings. The van der Waals surface area contributed by atoms with E-state index in [1.807, 2.05) is 0 Å². The van der Waals surface area contributed by atoms with Gasteiger partial charge in [-0.25, -0.2) is 17.9 Å². The number of anilines is 1. The molecule has 0 spiro atoms. The number of hydrogen-bond acceptors (Lipinski definition) is 3. The van der Waals surface area contributed by atoms with Crippen LogP contribution in [0.4, 0.5) is 10.1 Å². The van der Waals surface area contributed by atoms with Crippen molar-refractivity contribution in [2.24, 2.45) is 5.14 Å². The number of halogens is 1. The number of nitrogens with two attached hydrogens (primary N) is 1. The average Bonchev–Trinajstić information content (AvgIpc) is 3.06. The van der Waals surface area contributed by atoms with Gasteiger partial charge in [-0.2, -0.15) is 0 Å². The highest BCUT2D eigenvalue weighted by Gasteiger charge is 2.42. The first-order chi connectivity index (χ1) is 12.2. The molecule has 2 aromatic rings. The van der Waals surface area contributed by atoms with Crippen LogP contribution in [0.15, 0.2) is 47.4 Å². The Morgan fingerprint density at radius 2 is 1.85 bits per heavy atom. The van der Waals surface area contributed by atoms with Gasteiger partial charge in [0.15, 0.2) is 0 Å². The lowest BCUT2D eigenvalue weighted by atomic mass is 9.78. The van der Waals surface area contributed by atoms with Crippen molar-refractivity contribution in [2.75, 3.05) is 5.32 Å². The van der Waals surface area contributed by atoms with Crippen LogP contribution in [0.25, 0.3) is 0 Å². The summed E-state index contributed by atoms with van der Waals surface area (Å²) in [5.74, 6) is -0.641. The molecule has 5 nitrogen and oxygen atoms in total. The molecule has 1 saturated carbocycles. The molecule has 0 bridgehead atoms. The van der Waals surface area contributed by atoms with Crippen LogP contribution in [0.3, 0.4) is 0 Å². The molecule has 26 heavy (non-hydrogen) atoms. The molecule has 3 rings (SSSR count). The molecule has 7 heteroatoms. The van der Waals surface area contributed by atoms with Crippen molar-refractivity contribution >= 4 is 21.6 Å². The first kappa shape index (κ1) is 18.5. The number of hydrogen-bond donors (Lipinski definition) is 2. The van der Waals surface area contributed by atoms with Gasteiger partial charge in [-0.05, 0) is 55.2 Å². The largest absolute Gasteiger partial charge is 0.325 e. The van der Waals surface area contributed by atoms with E-state index in [2.05, 4.69) is 5.32 Å². The van der Waals surface area contributed by atoms with Crippen LogP contribution in [0.2, 0.25) is 0 Å². The second-order valence-electron chi connectivity index (χ2n) is 6.78. The molecular formula is C19H21FN2O3S. The third kappa shape index (κ3) is 3.50. The molecular weight excluding hydrogens is 355 g/mol. The lowest BCUT2D eigenvalue weighted by molar-refractivity contribution is -0.121. The molecule has 0 atom stereocenters. The molecule has 0 aromatic heterocycles. The number of nitrogens with one attached hydrogen (secondary N) is 1. The van der Waals surface area contributed by atoms with Crippen LogP contribution in [0, 0.1) is 12.7 Å². The topological polar surface area (TPSA) is 89.3 Å². The Kier molecular flexibility index (Phi) is 4.86. The van der Waals surface area contributed by atoms with E-state index in [0.717, 1.165) is 12.8 Å². The molecule has 0 radical (unpaired) electrons. The molecule has 1 aliphatic carbocycles. The maximum Gasteiger partial charge on any atom is 0.238 e. The summed E-state index contributed by atoms with van der Waals surface area (Å²) >= 11 is 0. The van der Waals surface area contributed by atoms with Crippen LogP contribution in [-0.4, -0.2) is 14.3 Å². The summed E-state index contributed by atoms with van der Waals surface area (Å²) in [6.45, 7) is 1.64. The Bertz CT molecular complexity index is 951. The maximum absolute atomic E-state index is 13.7. The highest BCUT2D eigenvalue weighted by Crippen LogP contribution is 2.42. The Labute approximate surface area is 152 Å². The Balaban J connectivity index is 1.95. The second-order valence-corrected chi connectivity index (χ2v) is 8.31. The lowest BCUT2D eigenvalue weighted by Gasteiger charge is -2.28. The monoisotopic (exact) mass is 376 g/mol. The number of benzene rings is 2. The SMILES string of the molecule is Cc1ccc(NC(=O)C2(c3cccc(F)c3)CCCC2)cc1S(N)(=O)=O. The molecule has 0 unspecified atom stereocenters. The fourth-order valence-electron chi connectivity index (χ4n) is 3.65. The second kappa shape index (κ2) is 6.81. The van der Waals surface area contributed by atoms with Gasteiger partial charge in [-0.15, -0.1) is 0 Å². The lowest BCUT2D eigenvalue weighted by Crippen LogP contribution is -2.38. The number of amides is 1. The van der Waals surface area contributed by atoms with Crippen molar-refractivity contribution in [3.8, 4) is 0 Å². The number of carbonyl (C=O) groups is 1. The van der Waals surface area contributed by atoms with Crippen LogP contribution in [0.5, 0.6) is 0 Å². The van der Waals surface area contributed by atoms with E-state index < -0.39 is 15.4 Å². The van der Waals surface area contributed by atoms with E-state index in [4.69, 9.17) is 5.14 Å². The van der Waals surface area contributed by atoms with Gasteiger partial charge in [0.25, 0.3) is 0 Å². The van der Waals surface area contributed by atoms with E-state index in [1.165, 1.54) is 18.2 Å². The van der Waals surface area contributed by atoms with E-state index in [9.17, 15) is 17.6 Å². The number of aryl methyl sites for hydroxylation is 1. The number of primary sulfonamides is 1. The van der Waals surface area contributed by atoms with Gasteiger partial charge in [0.1, 0.15) is 5.82 Å². The first-order valence-electron chi connectivity index (χ1n) is 8.43. The summed E-state index contributed by atoms with van der Waals surface area (Å²) in [6, 6.07) is 10.7. The summed E-state index contributed by atoms with van der Waals surface area (Å²) in [7, 11) is -3.88. The quantitative estimate of drug-likeness (QED) is 0.858. The molecule has 0 saturated heterocycles. The summed E-state index contributed by atoms with van der Waals surface area (Å²) in [4.78, 5) is 13.1. The van der Waals surface area contributed by atoms with Crippen LogP contribution >= 0.6 is 0 Å². The third-order valence-corrected chi connectivity index (χ3v) is 6.07. The van der Waals surface area contributed by atoms with E-state index >= 15 is 0 Å². The van der Waals surface area contributed by atoms with Crippen molar-refractivity contribution in [3.63, 3.8) is 0 Å². The van der Waals surface area contributed by atoms with Crippen molar-refractivity contribution in [2.45, 2.75) is 42.9 Å². The number of rotatable bonds is 4. The minimum Gasteiger partial charge on any atom is -0.325 e. The Morgan fingerprint density at radius 3 is 2.46 bits per heavy atom. The predicted molar refractivity (Wildman–Crippen MR) is 97.7 cm³/mol. The summed E-state index contributed by atoms with van der Waals surface area (Å²) < 4.78 is 37.1. The molecule has 138 valence electrons. The average molecular weight is 376 g/mol. The maximum atomic E-state index is 13.7. The summed E-state index contributed by atoms with van der Waals surface area (Å²) in [5, 5.41) is 8.03. The fraction of sp³-hybridized carbons (Fsp3) is 0.316. The molecule has 1 aliphatic rings. The highest BCUT2D eigenvalue weighted by molar-refractivity contribution is 7.89. The summed E-state index contributed by atoms with van der Waals surface area (Å²) in [6.07, 6.45) is 2.99. The zero-order valence-electron chi connectivity index (χ0n) is 14.5. The van der Waals surface area contributed by atoms with Crippen molar-refractivity contribution in [3.05, 3.63) is 59.4 Å². The minimum atomic E-state index is -3.88. The molecule has 2 aromatic carbocycles. The zero-order chi connectivity index (χ0) is 18.9. The van der Waals surface area contributed by atoms with Gasteiger partial charge in [-0.1, -0.05) is 31.0 Å². The fourth-order valence-corrected chi connectivity index (χ4v) is 4.45. The summed E-state index contributed by atoms with van der Waals surface area (Å²) in [5.41, 5.74) is 0.694. The minimum absolute atomic E-state index is 0.0264. The third-order valence-electron chi connectivity index (χ3n) is 5.02. The molecule has 0 heterocycles. The van der Waals surface area contributed by atoms with Crippen LogP contribution in [-0.2, 0) is 20.2 Å². The van der Waals surface area contributed by atoms with E-state index in [-0.39, 0.29) is 16.6 Å². The zero-order valence-corrected chi connectivity index (χ0v) is 15.3.